The number of methoxy groups -OCH3 is 1. The van der Waals surface area contributed by atoms with Crippen molar-refractivity contribution in [1.82, 2.24) is 9.96 Å². The number of hydroxylamine groups is 2. The molecule has 0 bridgehead atoms. The number of hydrogen-bond acceptors (Lipinski definition) is 5. The van der Waals surface area contributed by atoms with Crippen LogP contribution in [0, 0.1) is 0 Å². The molecule has 2 unspecified atom stereocenters. The third kappa shape index (κ3) is 8.13. The molecule has 1 N–H and O–H groups in total. The molecule has 1 aliphatic rings. The second kappa shape index (κ2) is 14.8. The van der Waals surface area contributed by atoms with Gasteiger partial charge in [0, 0.05) is 33.7 Å². The van der Waals surface area contributed by atoms with E-state index in [4.69, 9.17) is 9.57 Å². The molecule has 1 aromatic carbocycles. The van der Waals surface area contributed by atoms with Gasteiger partial charge in [0.05, 0.1) is 6.04 Å². The van der Waals surface area contributed by atoms with E-state index in [-0.39, 0.29) is 17.7 Å². The Bertz CT molecular complexity index is 820. The van der Waals surface area contributed by atoms with E-state index in [0.717, 1.165) is 38.5 Å². The fourth-order valence-corrected chi connectivity index (χ4v) is 4.50. The van der Waals surface area contributed by atoms with Gasteiger partial charge in [0.2, 0.25) is 6.41 Å². The smallest absolute Gasteiger partial charge is 0.257 e. The molecule has 1 saturated heterocycles. The van der Waals surface area contributed by atoms with Crippen molar-refractivity contribution in [3.05, 3.63) is 47.0 Å². The zero-order valence-electron chi connectivity index (χ0n) is 21.6. The van der Waals surface area contributed by atoms with Crippen molar-refractivity contribution in [2.75, 3.05) is 27.3 Å². The summed E-state index contributed by atoms with van der Waals surface area (Å²) in [5.41, 5.74) is 2.58. The summed E-state index contributed by atoms with van der Waals surface area (Å²) in [5.74, 6) is 1.26. The van der Waals surface area contributed by atoms with Crippen LogP contribution < -0.4 is 0 Å². The van der Waals surface area contributed by atoms with Crippen LogP contribution in [0.2, 0.25) is 0 Å². The summed E-state index contributed by atoms with van der Waals surface area (Å²) in [4.78, 5) is 23.8. The molecule has 0 saturated carbocycles. The third-order valence-corrected chi connectivity index (χ3v) is 6.51. The number of likely N-dealkylation sites (N-methyl/N-ethyl adjacent to an activating group) is 1. The maximum absolute atomic E-state index is 11.6. The van der Waals surface area contributed by atoms with Crippen LogP contribution in [0.1, 0.15) is 82.8 Å². The normalized spacial score (nSPS) is 19.6. The van der Waals surface area contributed by atoms with Crippen LogP contribution in [0.15, 0.2) is 40.9 Å². The van der Waals surface area contributed by atoms with Crippen molar-refractivity contribution < 1.29 is 19.5 Å². The first-order valence-corrected chi connectivity index (χ1v) is 12.6. The molecule has 0 aromatic heterocycles. The Morgan fingerprint density at radius 1 is 1.32 bits per heavy atom. The Morgan fingerprint density at radius 2 is 2.12 bits per heavy atom. The zero-order chi connectivity index (χ0) is 24.9. The molecule has 1 heterocycles. The van der Waals surface area contributed by atoms with Crippen LogP contribution in [0.25, 0.3) is 0 Å². The number of amides is 1. The molecule has 1 fully saturated rings. The fraction of sp³-hybridized carbons (Fsp3) is 0.630. The minimum atomic E-state index is 0.0660. The van der Waals surface area contributed by atoms with E-state index in [1.165, 1.54) is 17.5 Å². The van der Waals surface area contributed by atoms with Gasteiger partial charge in [-0.15, -0.1) is 5.06 Å². The highest BCUT2D eigenvalue weighted by molar-refractivity contribution is 5.89. The average molecular weight is 474 g/mol. The van der Waals surface area contributed by atoms with Crippen molar-refractivity contribution in [3.63, 3.8) is 0 Å². The van der Waals surface area contributed by atoms with Crippen LogP contribution in [0.5, 0.6) is 0 Å². The number of rotatable bonds is 13. The van der Waals surface area contributed by atoms with E-state index < -0.39 is 0 Å². The SMILES string of the molecule is CCCCCC(CC(=NC=O)N1CC(CCCOC)N(C)O/C1=C(/C)O)c1cccc(CC)c1. The Kier molecular flexibility index (Phi) is 12.1. The topological polar surface area (TPSA) is 74.6 Å². The Hall–Kier alpha value is -2.38. The highest BCUT2D eigenvalue weighted by Crippen LogP contribution is 2.31. The standard InChI is InChI=1S/C27H43N3O4/c1-6-8-9-13-24(23-14-10-12-22(7-2)17-23)18-26(28-20-31)30-19-25(15-11-16-33-5)29(4)34-27(30)21(3)32/h10,12,14,17,20,24-25,32H,6-9,11,13,15-16,18-19H2,1-5H3/b27-21-,28-26?. The van der Waals surface area contributed by atoms with Crippen LogP contribution >= 0.6 is 0 Å². The molecule has 2 atom stereocenters. The Morgan fingerprint density at radius 3 is 2.76 bits per heavy atom. The maximum Gasteiger partial charge on any atom is 0.257 e. The number of aliphatic hydroxyl groups is 1. The number of ether oxygens (including phenoxy) is 1. The number of aliphatic hydroxyl groups excluding tert-OH is 1. The van der Waals surface area contributed by atoms with Gasteiger partial charge in [-0.1, -0.05) is 57.4 Å². The minimum absolute atomic E-state index is 0.0660. The molecule has 1 aromatic rings. The summed E-state index contributed by atoms with van der Waals surface area (Å²) >= 11 is 0. The molecule has 0 radical (unpaired) electrons. The molecule has 1 amide bonds. The monoisotopic (exact) mass is 473 g/mol. The highest BCUT2D eigenvalue weighted by atomic mass is 16.7. The lowest BCUT2D eigenvalue weighted by atomic mass is 9.88. The lowest BCUT2D eigenvalue weighted by molar-refractivity contribution is -0.184. The molecule has 34 heavy (non-hydrogen) atoms. The van der Waals surface area contributed by atoms with E-state index in [0.29, 0.717) is 37.7 Å². The fourth-order valence-electron chi connectivity index (χ4n) is 4.50. The van der Waals surface area contributed by atoms with Crippen LogP contribution in [-0.4, -0.2) is 60.7 Å². The van der Waals surface area contributed by atoms with Gasteiger partial charge in [-0.3, -0.25) is 9.69 Å². The first-order valence-electron chi connectivity index (χ1n) is 12.6. The predicted molar refractivity (Wildman–Crippen MR) is 137 cm³/mol. The van der Waals surface area contributed by atoms with Gasteiger partial charge in [0.1, 0.15) is 5.84 Å². The number of allylic oxidation sites excluding steroid dienone is 1. The number of nitrogens with zero attached hydrogens (tertiary/aromatic N) is 3. The van der Waals surface area contributed by atoms with E-state index in [1.54, 1.807) is 19.1 Å². The van der Waals surface area contributed by atoms with Crippen LogP contribution in [-0.2, 0) is 20.8 Å². The molecular weight excluding hydrogens is 430 g/mol. The quantitative estimate of drug-likeness (QED) is 0.133. The van der Waals surface area contributed by atoms with Gasteiger partial charge >= 0.3 is 0 Å². The van der Waals surface area contributed by atoms with Gasteiger partial charge in [0.15, 0.2) is 5.76 Å². The number of aryl methyl sites for hydroxylation is 1. The summed E-state index contributed by atoms with van der Waals surface area (Å²) in [7, 11) is 3.57. The van der Waals surface area contributed by atoms with Gasteiger partial charge in [0.25, 0.3) is 5.88 Å². The molecule has 190 valence electrons. The number of carbonyl (C=O) groups excluding carboxylic acids is 1. The molecular formula is C27H43N3O4. The molecule has 7 nitrogen and oxygen atoms in total. The van der Waals surface area contributed by atoms with Crippen molar-refractivity contribution in [2.45, 2.75) is 84.1 Å². The first kappa shape index (κ1) is 27.9. The molecule has 2 rings (SSSR count). The molecule has 1 aliphatic heterocycles. The highest BCUT2D eigenvalue weighted by Gasteiger charge is 2.34. The van der Waals surface area contributed by atoms with E-state index in [2.05, 4.69) is 43.1 Å². The Labute approximate surface area is 205 Å². The van der Waals surface area contributed by atoms with Crippen molar-refractivity contribution in [3.8, 4) is 0 Å². The van der Waals surface area contributed by atoms with Crippen LogP contribution in [0.4, 0.5) is 0 Å². The van der Waals surface area contributed by atoms with Gasteiger partial charge in [-0.05, 0) is 49.7 Å². The third-order valence-electron chi connectivity index (χ3n) is 6.51. The lowest BCUT2D eigenvalue weighted by Crippen LogP contribution is -2.51. The summed E-state index contributed by atoms with van der Waals surface area (Å²) < 4.78 is 5.22. The number of amidine groups is 1. The van der Waals surface area contributed by atoms with E-state index in [9.17, 15) is 9.90 Å². The molecule has 0 spiro atoms. The van der Waals surface area contributed by atoms with Crippen molar-refractivity contribution in [1.29, 1.82) is 0 Å². The zero-order valence-corrected chi connectivity index (χ0v) is 21.6. The molecule has 0 aliphatic carbocycles. The number of aliphatic imine (C=N–C) groups is 1. The summed E-state index contributed by atoms with van der Waals surface area (Å²) in [6, 6.07) is 8.80. The van der Waals surface area contributed by atoms with Crippen LogP contribution in [0.3, 0.4) is 0 Å². The largest absolute Gasteiger partial charge is 0.507 e. The van der Waals surface area contributed by atoms with E-state index >= 15 is 0 Å². The van der Waals surface area contributed by atoms with Gasteiger partial charge < -0.3 is 14.7 Å². The number of unbranched alkanes of at least 4 members (excludes halogenated alkanes) is 2. The number of hydrogen-bond donors (Lipinski definition) is 1. The summed E-state index contributed by atoms with van der Waals surface area (Å²) in [6.45, 7) is 7.23. The average Bonchev–Trinajstić information content (AvgIpc) is 2.83. The van der Waals surface area contributed by atoms with Crippen molar-refractivity contribution >= 4 is 12.2 Å². The predicted octanol–water partition coefficient (Wildman–Crippen LogP) is 5.58. The second-order valence-electron chi connectivity index (χ2n) is 9.07. The molecule has 7 heteroatoms. The lowest BCUT2D eigenvalue weighted by Gasteiger charge is -2.42. The van der Waals surface area contributed by atoms with Crippen molar-refractivity contribution in [2.24, 2.45) is 4.99 Å². The Balaban J connectivity index is 2.35. The number of benzene rings is 1. The van der Waals surface area contributed by atoms with Gasteiger partial charge in [-0.25, -0.2) is 4.99 Å². The summed E-state index contributed by atoms with van der Waals surface area (Å²) in [5, 5.41) is 12.2. The first-order chi connectivity index (χ1) is 16.4. The van der Waals surface area contributed by atoms with Gasteiger partial charge in [-0.2, -0.15) is 0 Å². The minimum Gasteiger partial charge on any atom is -0.507 e. The van der Waals surface area contributed by atoms with E-state index in [1.807, 2.05) is 11.9 Å². The summed E-state index contributed by atoms with van der Waals surface area (Å²) in [6.07, 6.45) is 8.40. The number of carbonyl (C=O) groups is 1. The second-order valence-corrected chi connectivity index (χ2v) is 9.07. The maximum atomic E-state index is 11.6.